The zero-order chi connectivity index (χ0) is 20.9. The number of carbonyl (C=O) groups excluding carboxylic acids is 1. The zero-order valence-corrected chi connectivity index (χ0v) is 15.7. The van der Waals surface area contributed by atoms with Crippen LogP contribution in [0.2, 0.25) is 0 Å². The highest BCUT2D eigenvalue weighted by Gasteiger charge is 2.52. The lowest BCUT2D eigenvalue weighted by atomic mass is 9.78. The van der Waals surface area contributed by atoms with Gasteiger partial charge < -0.3 is 24.4 Å². The van der Waals surface area contributed by atoms with Crippen LogP contribution >= 0.6 is 0 Å². The molecule has 148 valence electrons. The summed E-state index contributed by atoms with van der Waals surface area (Å²) in [6, 6.07) is 5.85. The predicted molar refractivity (Wildman–Crippen MR) is 97.5 cm³/mol. The lowest BCUT2D eigenvalue weighted by Gasteiger charge is -2.32. The number of benzene rings is 1. The fraction of sp³-hybridized carbons (Fsp3) is 0.353. The minimum atomic E-state index is -1.02. The van der Waals surface area contributed by atoms with Gasteiger partial charge in [0.15, 0.2) is 0 Å². The highest BCUT2D eigenvalue weighted by atomic mass is 16.7. The molecular weight excluding hydrogens is 371 g/mol. The van der Waals surface area contributed by atoms with E-state index >= 15 is 0 Å². The van der Waals surface area contributed by atoms with Crippen molar-refractivity contribution < 1.29 is 34.1 Å². The van der Waals surface area contributed by atoms with Crippen LogP contribution in [0.5, 0.6) is 11.8 Å². The monoisotopic (exact) mass is 390 g/mol. The third kappa shape index (κ3) is 3.41. The van der Waals surface area contributed by atoms with Crippen molar-refractivity contribution in [3.8, 4) is 11.8 Å². The summed E-state index contributed by atoms with van der Waals surface area (Å²) >= 11 is 0. The first-order valence-corrected chi connectivity index (χ1v) is 8.39. The van der Waals surface area contributed by atoms with Crippen LogP contribution in [0.25, 0.3) is 0 Å². The summed E-state index contributed by atoms with van der Waals surface area (Å²) in [6.45, 7) is 7.32. The first-order chi connectivity index (χ1) is 12.9. The van der Waals surface area contributed by atoms with E-state index in [-0.39, 0.29) is 16.7 Å². The molecule has 1 aliphatic heterocycles. The molecule has 0 spiro atoms. The fourth-order valence-electron chi connectivity index (χ4n) is 2.60. The molecule has 0 atom stereocenters. The van der Waals surface area contributed by atoms with E-state index in [0.717, 1.165) is 18.2 Å². The van der Waals surface area contributed by atoms with Crippen LogP contribution in [0.1, 0.15) is 38.1 Å². The van der Waals surface area contributed by atoms with Crippen molar-refractivity contribution in [3.05, 3.63) is 46.0 Å². The molecule has 0 radical (unpaired) electrons. The SMILES string of the molecule is CC1(C)OB(c2cc(C(=O)On3c(O)ccc3O)cc([N+](=O)[O-])c2)OC1(C)C. The number of non-ortho nitro benzene ring substituents is 1. The number of nitro groups is 1. The van der Waals surface area contributed by atoms with Crippen LogP contribution in [-0.2, 0) is 9.31 Å². The molecule has 1 aromatic heterocycles. The van der Waals surface area contributed by atoms with E-state index in [4.69, 9.17) is 14.1 Å². The molecule has 0 aliphatic carbocycles. The lowest BCUT2D eigenvalue weighted by molar-refractivity contribution is -0.384. The Hall–Kier alpha value is -3.05. The second-order valence-electron chi connectivity index (χ2n) is 7.38. The van der Waals surface area contributed by atoms with Crippen molar-refractivity contribution >= 4 is 24.2 Å². The van der Waals surface area contributed by atoms with Gasteiger partial charge in [0.25, 0.3) is 5.69 Å². The molecule has 1 fully saturated rings. The van der Waals surface area contributed by atoms with E-state index in [0.29, 0.717) is 4.73 Å². The van der Waals surface area contributed by atoms with E-state index < -0.39 is 41.0 Å². The Balaban J connectivity index is 1.97. The molecule has 0 unspecified atom stereocenters. The quantitative estimate of drug-likeness (QED) is 0.454. The van der Waals surface area contributed by atoms with Gasteiger partial charge in [-0.3, -0.25) is 10.1 Å². The van der Waals surface area contributed by atoms with Crippen molar-refractivity contribution in [2.45, 2.75) is 38.9 Å². The summed E-state index contributed by atoms with van der Waals surface area (Å²) in [7, 11) is -0.926. The van der Waals surface area contributed by atoms with Crippen LogP contribution in [0.4, 0.5) is 5.69 Å². The van der Waals surface area contributed by atoms with E-state index in [9.17, 15) is 25.1 Å². The molecule has 11 heteroatoms. The zero-order valence-electron chi connectivity index (χ0n) is 15.7. The van der Waals surface area contributed by atoms with Crippen molar-refractivity contribution in [2.24, 2.45) is 0 Å². The van der Waals surface area contributed by atoms with Gasteiger partial charge in [-0.1, -0.05) is 0 Å². The van der Waals surface area contributed by atoms with Crippen molar-refractivity contribution in [1.82, 2.24) is 4.73 Å². The second kappa shape index (κ2) is 6.53. The number of nitro benzene ring substituents is 1. The van der Waals surface area contributed by atoms with Crippen LogP contribution in [0, 0.1) is 10.1 Å². The van der Waals surface area contributed by atoms with Gasteiger partial charge in [0.2, 0.25) is 11.8 Å². The number of carbonyl (C=O) groups is 1. The largest absolute Gasteiger partial charge is 0.495 e. The molecule has 2 N–H and O–H groups in total. The highest BCUT2D eigenvalue weighted by Crippen LogP contribution is 2.36. The average Bonchev–Trinajstić information content (AvgIpc) is 3.03. The molecule has 1 aliphatic rings. The summed E-state index contributed by atoms with van der Waals surface area (Å²) in [6.07, 6.45) is 0. The molecule has 0 bridgehead atoms. The van der Waals surface area contributed by atoms with Gasteiger partial charge in [0.1, 0.15) is 0 Å². The summed E-state index contributed by atoms with van der Waals surface area (Å²) < 4.78 is 12.3. The van der Waals surface area contributed by atoms with Crippen LogP contribution in [0.15, 0.2) is 30.3 Å². The fourth-order valence-corrected chi connectivity index (χ4v) is 2.60. The van der Waals surface area contributed by atoms with Crippen molar-refractivity contribution in [1.29, 1.82) is 0 Å². The molecule has 3 rings (SSSR count). The maximum atomic E-state index is 12.4. The topological polar surface area (TPSA) is 133 Å². The number of rotatable bonds is 4. The average molecular weight is 390 g/mol. The summed E-state index contributed by atoms with van der Waals surface area (Å²) in [5, 5.41) is 30.5. The van der Waals surface area contributed by atoms with Crippen LogP contribution < -0.4 is 10.3 Å². The van der Waals surface area contributed by atoms with Crippen LogP contribution in [0.3, 0.4) is 0 Å². The Bertz CT molecular complexity index is 917. The molecular formula is C17H19BN2O8. The Morgan fingerprint density at radius 1 is 1.11 bits per heavy atom. The number of aromatic hydroxyl groups is 2. The van der Waals surface area contributed by atoms with E-state index in [2.05, 4.69) is 0 Å². The third-order valence-corrected chi connectivity index (χ3v) is 4.88. The number of hydrogen-bond donors (Lipinski definition) is 2. The molecule has 10 nitrogen and oxygen atoms in total. The van der Waals surface area contributed by atoms with Gasteiger partial charge >= 0.3 is 13.1 Å². The summed E-state index contributed by atoms with van der Waals surface area (Å²) in [4.78, 5) is 28.0. The van der Waals surface area contributed by atoms with Gasteiger partial charge in [0.05, 0.1) is 21.7 Å². The minimum absolute atomic E-state index is 0.175. The summed E-state index contributed by atoms with van der Waals surface area (Å²) in [5.41, 5.74) is -1.62. The molecule has 1 aromatic carbocycles. The third-order valence-electron chi connectivity index (χ3n) is 4.88. The smallest absolute Gasteiger partial charge is 0.492 e. The Labute approximate surface area is 160 Å². The predicted octanol–water partition coefficient (Wildman–Crippen LogP) is 1.38. The highest BCUT2D eigenvalue weighted by molar-refractivity contribution is 6.62. The standard InChI is InChI=1S/C17H19BN2O8/c1-16(2)17(3,4)28-18(27-16)11-7-10(8-12(9-11)20(24)25)15(23)26-19-13(21)5-6-14(19)22/h5-9,21-22H,1-4H3. The van der Waals surface area contributed by atoms with Gasteiger partial charge in [-0.2, -0.15) is 0 Å². The van der Waals surface area contributed by atoms with E-state index in [1.807, 2.05) is 27.7 Å². The maximum Gasteiger partial charge on any atom is 0.495 e. The first-order valence-electron chi connectivity index (χ1n) is 8.39. The first kappa shape index (κ1) is 19.7. The second-order valence-corrected chi connectivity index (χ2v) is 7.38. The Kier molecular flexibility index (Phi) is 4.60. The summed E-state index contributed by atoms with van der Waals surface area (Å²) in [5.74, 6) is -2.05. The van der Waals surface area contributed by atoms with Crippen molar-refractivity contribution in [3.63, 3.8) is 0 Å². The molecule has 0 saturated carbocycles. The lowest BCUT2D eigenvalue weighted by Crippen LogP contribution is -2.41. The van der Waals surface area contributed by atoms with Gasteiger partial charge in [0, 0.05) is 24.3 Å². The maximum absolute atomic E-state index is 12.4. The number of hydrogen-bond acceptors (Lipinski definition) is 8. The van der Waals surface area contributed by atoms with Crippen molar-refractivity contribution in [2.75, 3.05) is 0 Å². The van der Waals surface area contributed by atoms with Crippen LogP contribution in [-0.4, -0.2) is 44.2 Å². The number of nitrogens with zero attached hydrogens (tertiary/aromatic N) is 2. The number of aromatic nitrogens is 1. The molecule has 2 heterocycles. The molecule has 1 saturated heterocycles. The van der Waals surface area contributed by atoms with Gasteiger partial charge in [-0.25, -0.2) is 4.79 Å². The van der Waals surface area contributed by atoms with E-state index in [1.54, 1.807) is 0 Å². The normalized spacial score (nSPS) is 17.5. The minimum Gasteiger partial charge on any atom is -0.492 e. The molecule has 2 aromatic rings. The van der Waals surface area contributed by atoms with Gasteiger partial charge in [-0.05, 0) is 39.2 Å². The Morgan fingerprint density at radius 3 is 2.14 bits per heavy atom. The Morgan fingerprint density at radius 2 is 1.64 bits per heavy atom. The molecule has 0 amide bonds. The molecule has 28 heavy (non-hydrogen) atoms. The van der Waals surface area contributed by atoms with Gasteiger partial charge in [-0.15, -0.1) is 4.73 Å². The van der Waals surface area contributed by atoms with E-state index in [1.165, 1.54) is 12.1 Å².